The van der Waals surface area contributed by atoms with E-state index in [1.807, 2.05) is 54.6 Å². The number of hydrogen-bond acceptors (Lipinski definition) is 3. The smallest absolute Gasteiger partial charge is 0.331 e. The van der Waals surface area contributed by atoms with E-state index in [1.54, 1.807) is 0 Å². The van der Waals surface area contributed by atoms with E-state index in [-0.39, 0.29) is 31.6 Å². The zero-order valence-corrected chi connectivity index (χ0v) is 13.9. The summed E-state index contributed by atoms with van der Waals surface area (Å²) in [5.41, 5.74) is 0.723. The number of hydrogen-bond donors (Lipinski definition) is 0. The highest BCUT2D eigenvalue weighted by atomic mass is 79.9. The standard InChI is InChI=1S/C17H15BrN2O3/c18-13-5-4-8-15(11-13)23-10-9-19-16(21)12-20(17(19)22)14-6-2-1-3-7-14/h1-8,11H,9-10,12H2. The van der Waals surface area contributed by atoms with Crippen molar-refractivity contribution >= 4 is 33.6 Å². The number of amides is 3. The average molecular weight is 375 g/mol. The quantitative estimate of drug-likeness (QED) is 0.754. The molecule has 23 heavy (non-hydrogen) atoms. The second kappa shape index (κ2) is 6.83. The molecule has 0 saturated carbocycles. The predicted octanol–water partition coefficient (Wildman–Crippen LogP) is 3.30. The van der Waals surface area contributed by atoms with Crippen LogP contribution in [0.15, 0.2) is 59.1 Å². The van der Waals surface area contributed by atoms with Gasteiger partial charge in [0.2, 0.25) is 0 Å². The third-order valence-corrected chi connectivity index (χ3v) is 4.00. The summed E-state index contributed by atoms with van der Waals surface area (Å²) >= 11 is 3.37. The molecule has 1 heterocycles. The van der Waals surface area contributed by atoms with Gasteiger partial charge in [0.05, 0.1) is 6.54 Å². The second-order valence-corrected chi connectivity index (χ2v) is 5.97. The molecule has 3 amide bonds. The van der Waals surface area contributed by atoms with E-state index in [2.05, 4.69) is 15.9 Å². The van der Waals surface area contributed by atoms with Crippen molar-refractivity contribution in [2.75, 3.05) is 24.6 Å². The number of carbonyl (C=O) groups excluding carboxylic acids is 2. The summed E-state index contributed by atoms with van der Waals surface area (Å²) in [7, 11) is 0. The Kier molecular flexibility index (Phi) is 4.62. The molecule has 1 aliphatic heterocycles. The Labute approximate surface area is 142 Å². The molecule has 1 aliphatic rings. The van der Waals surface area contributed by atoms with Crippen LogP contribution in [0.5, 0.6) is 5.75 Å². The fourth-order valence-corrected chi connectivity index (χ4v) is 2.76. The van der Waals surface area contributed by atoms with E-state index in [0.29, 0.717) is 5.75 Å². The summed E-state index contributed by atoms with van der Waals surface area (Å²) < 4.78 is 6.51. The monoisotopic (exact) mass is 374 g/mol. The average Bonchev–Trinajstić information content (AvgIpc) is 2.84. The number of imide groups is 1. The molecule has 118 valence electrons. The minimum atomic E-state index is -0.306. The van der Waals surface area contributed by atoms with Gasteiger partial charge in [-0.25, -0.2) is 4.79 Å². The summed E-state index contributed by atoms with van der Waals surface area (Å²) in [6.45, 7) is 0.559. The molecule has 1 fully saturated rings. The zero-order valence-electron chi connectivity index (χ0n) is 12.3. The Morgan fingerprint density at radius 3 is 2.57 bits per heavy atom. The number of urea groups is 1. The van der Waals surface area contributed by atoms with Crippen LogP contribution in [-0.2, 0) is 4.79 Å². The largest absolute Gasteiger partial charge is 0.492 e. The lowest BCUT2D eigenvalue weighted by Gasteiger charge is -2.17. The van der Waals surface area contributed by atoms with Crippen molar-refractivity contribution in [1.29, 1.82) is 0 Å². The first-order valence-corrected chi connectivity index (χ1v) is 8.00. The molecule has 0 atom stereocenters. The number of halogens is 1. The van der Waals surface area contributed by atoms with Gasteiger partial charge in [-0.1, -0.05) is 40.2 Å². The maximum absolute atomic E-state index is 12.4. The summed E-state index contributed by atoms with van der Waals surface area (Å²) in [5, 5.41) is 0. The van der Waals surface area contributed by atoms with Gasteiger partial charge in [0, 0.05) is 10.2 Å². The Balaban J connectivity index is 1.60. The van der Waals surface area contributed by atoms with Gasteiger partial charge in [-0.2, -0.15) is 0 Å². The fraction of sp³-hybridized carbons (Fsp3) is 0.176. The van der Waals surface area contributed by atoms with Gasteiger partial charge in [-0.15, -0.1) is 0 Å². The molecule has 6 heteroatoms. The maximum Gasteiger partial charge on any atom is 0.331 e. The predicted molar refractivity (Wildman–Crippen MR) is 90.5 cm³/mol. The van der Waals surface area contributed by atoms with Crippen LogP contribution in [0.25, 0.3) is 0 Å². The van der Waals surface area contributed by atoms with Crippen molar-refractivity contribution < 1.29 is 14.3 Å². The van der Waals surface area contributed by atoms with E-state index in [0.717, 1.165) is 10.2 Å². The number of anilines is 1. The van der Waals surface area contributed by atoms with E-state index in [4.69, 9.17) is 4.74 Å². The van der Waals surface area contributed by atoms with Crippen molar-refractivity contribution in [2.24, 2.45) is 0 Å². The number of ether oxygens (including phenoxy) is 1. The molecule has 0 aliphatic carbocycles. The number of para-hydroxylation sites is 1. The van der Waals surface area contributed by atoms with Crippen molar-refractivity contribution in [3.8, 4) is 5.75 Å². The number of carbonyl (C=O) groups is 2. The van der Waals surface area contributed by atoms with E-state index >= 15 is 0 Å². The van der Waals surface area contributed by atoms with Gasteiger partial charge >= 0.3 is 6.03 Å². The summed E-state index contributed by atoms with van der Waals surface area (Å²) in [5.74, 6) is 0.482. The van der Waals surface area contributed by atoms with Gasteiger partial charge in [-0.3, -0.25) is 14.6 Å². The number of benzene rings is 2. The third-order valence-electron chi connectivity index (χ3n) is 3.50. The second-order valence-electron chi connectivity index (χ2n) is 5.06. The third kappa shape index (κ3) is 3.53. The zero-order chi connectivity index (χ0) is 16.2. The van der Waals surface area contributed by atoms with Crippen LogP contribution in [-0.4, -0.2) is 36.5 Å². The molecule has 5 nitrogen and oxygen atoms in total. The molecule has 0 bridgehead atoms. The maximum atomic E-state index is 12.4. The first-order chi connectivity index (χ1) is 11.1. The minimum Gasteiger partial charge on any atom is -0.492 e. The molecule has 0 unspecified atom stereocenters. The number of nitrogens with zero attached hydrogens (tertiary/aromatic N) is 2. The Hall–Kier alpha value is -2.34. The van der Waals surface area contributed by atoms with Crippen molar-refractivity contribution in [2.45, 2.75) is 0 Å². The van der Waals surface area contributed by atoms with Crippen molar-refractivity contribution in [3.63, 3.8) is 0 Å². The summed E-state index contributed by atoms with van der Waals surface area (Å²) in [6.07, 6.45) is 0. The summed E-state index contributed by atoms with van der Waals surface area (Å²) in [4.78, 5) is 27.1. The van der Waals surface area contributed by atoms with E-state index in [9.17, 15) is 9.59 Å². The van der Waals surface area contributed by atoms with E-state index in [1.165, 1.54) is 9.80 Å². The van der Waals surface area contributed by atoms with Crippen molar-refractivity contribution in [3.05, 3.63) is 59.1 Å². The lowest BCUT2D eigenvalue weighted by molar-refractivity contribution is -0.125. The van der Waals surface area contributed by atoms with Crippen LogP contribution in [0.1, 0.15) is 0 Å². The SMILES string of the molecule is O=C1CN(c2ccccc2)C(=O)N1CCOc1cccc(Br)c1. The van der Waals surface area contributed by atoms with Crippen LogP contribution >= 0.6 is 15.9 Å². The van der Waals surface area contributed by atoms with Gasteiger partial charge in [0.25, 0.3) is 5.91 Å². The molecule has 0 aromatic heterocycles. The normalized spacial score (nSPS) is 14.5. The van der Waals surface area contributed by atoms with Gasteiger partial charge in [0.1, 0.15) is 18.9 Å². The van der Waals surface area contributed by atoms with Crippen LogP contribution < -0.4 is 9.64 Å². The van der Waals surface area contributed by atoms with Crippen LogP contribution in [0, 0.1) is 0 Å². The van der Waals surface area contributed by atoms with Crippen LogP contribution in [0.4, 0.5) is 10.5 Å². The fourth-order valence-electron chi connectivity index (χ4n) is 2.38. The lowest BCUT2D eigenvalue weighted by Crippen LogP contribution is -2.36. The molecule has 0 spiro atoms. The lowest BCUT2D eigenvalue weighted by atomic mass is 10.3. The molecular weight excluding hydrogens is 360 g/mol. The van der Waals surface area contributed by atoms with Gasteiger partial charge in [0.15, 0.2) is 0 Å². The first kappa shape index (κ1) is 15.6. The minimum absolute atomic E-state index is 0.0692. The van der Waals surface area contributed by atoms with Gasteiger partial charge in [-0.05, 0) is 30.3 Å². The molecule has 0 radical (unpaired) electrons. The molecular formula is C17H15BrN2O3. The van der Waals surface area contributed by atoms with Gasteiger partial charge < -0.3 is 4.74 Å². The molecule has 2 aromatic carbocycles. The topological polar surface area (TPSA) is 49.9 Å². The molecule has 1 saturated heterocycles. The molecule has 0 N–H and O–H groups in total. The highest BCUT2D eigenvalue weighted by Crippen LogP contribution is 2.21. The first-order valence-electron chi connectivity index (χ1n) is 7.20. The Morgan fingerprint density at radius 1 is 1.04 bits per heavy atom. The Bertz CT molecular complexity index is 721. The highest BCUT2D eigenvalue weighted by molar-refractivity contribution is 9.10. The Morgan fingerprint density at radius 2 is 1.83 bits per heavy atom. The van der Waals surface area contributed by atoms with Crippen LogP contribution in [0.2, 0.25) is 0 Å². The molecule has 3 rings (SSSR count). The van der Waals surface area contributed by atoms with Crippen LogP contribution in [0.3, 0.4) is 0 Å². The number of rotatable bonds is 5. The summed E-state index contributed by atoms with van der Waals surface area (Å²) in [6, 6.07) is 16.3. The van der Waals surface area contributed by atoms with Crippen molar-refractivity contribution in [1.82, 2.24) is 4.90 Å². The highest BCUT2D eigenvalue weighted by Gasteiger charge is 2.36. The molecule has 2 aromatic rings. The van der Waals surface area contributed by atoms with E-state index < -0.39 is 0 Å².